The van der Waals surface area contributed by atoms with E-state index in [9.17, 15) is 4.79 Å². The van der Waals surface area contributed by atoms with Crippen LogP contribution in [0, 0.1) is 6.92 Å². The Hall–Kier alpha value is -1.89. The van der Waals surface area contributed by atoms with Crippen molar-refractivity contribution in [2.24, 2.45) is 0 Å². The lowest BCUT2D eigenvalue weighted by atomic mass is 10.2. The van der Waals surface area contributed by atoms with E-state index in [1.807, 2.05) is 35.9 Å². The van der Waals surface area contributed by atoms with Gasteiger partial charge in [0.25, 0.3) is 5.91 Å². The van der Waals surface area contributed by atoms with Crippen LogP contribution in [-0.2, 0) is 6.54 Å². The summed E-state index contributed by atoms with van der Waals surface area (Å²) in [5, 5.41) is 9.17. The molecule has 1 saturated heterocycles. The Morgan fingerprint density at radius 3 is 2.82 bits per heavy atom. The maximum absolute atomic E-state index is 13.2. The number of nitrogens with zero attached hydrogens (tertiary/aromatic N) is 3. The van der Waals surface area contributed by atoms with Gasteiger partial charge < -0.3 is 10.2 Å². The summed E-state index contributed by atoms with van der Waals surface area (Å²) in [7, 11) is 0. The molecule has 3 aromatic rings. The number of hydrogen-bond acceptors (Lipinski definition) is 4. The van der Waals surface area contributed by atoms with Gasteiger partial charge in [-0.3, -0.25) is 9.48 Å². The predicted molar refractivity (Wildman–Crippen MR) is 118 cm³/mol. The van der Waals surface area contributed by atoms with E-state index in [0.717, 1.165) is 59.8 Å². The molecule has 0 spiro atoms. The molecule has 4 rings (SSSR count). The normalized spacial score (nSPS) is 16.3. The number of fused-ring (bicyclic) bond motifs is 1. The average Bonchev–Trinajstić information content (AvgIpc) is 3.40. The van der Waals surface area contributed by atoms with E-state index >= 15 is 0 Å². The molecule has 2 aromatic heterocycles. The number of carbonyl (C=O) groups is 1. The van der Waals surface area contributed by atoms with Crippen molar-refractivity contribution in [3.63, 3.8) is 0 Å². The lowest BCUT2D eigenvalue weighted by molar-refractivity contribution is 0.0697. The molecule has 1 amide bonds. The summed E-state index contributed by atoms with van der Waals surface area (Å²) in [6, 6.07) is 12.7. The van der Waals surface area contributed by atoms with Crippen molar-refractivity contribution in [3.8, 4) is 0 Å². The van der Waals surface area contributed by atoms with Crippen LogP contribution in [0.3, 0.4) is 0 Å². The monoisotopic (exact) mass is 418 g/mol. The predicted octanol–water partition coefficient (Wildman–Crippen LogP) is 4.09. The van der Waals surface area contributed by atoms with E-state index < -0.39 is 0 Å². The SMILES string of the molecule is CCCN(C(=O)c1cc2c(C)nn(Cc3ccccc3)c2s1)C1CCNC1.Cl. The molecule has 7 heteroatoms. The smallest absolute Gasteiger partial charge is 0.264 e. The first-order valence-corrected chi connectivity index (χ1v) is 10.5. The quantitative estimate of drug-likeness (QED) is 0.655. The number of rotatable bonds is 6. The number of halogens is 1. The minimum Gasteiger partial charge on any atom is -0.334 e. The molecular formula is C21H27ClN4OS. The van der Waals surface area contributed by atoms with Crippen LogP contribution in [0.1, 0.15) is 40.7 Å². The molecule has 28 heavy (non-hydrogen) atoms. The Morgan fingerprint density at radius 1 is 1.36 bits per heavy atom. The van der Waals surface area contributed by atoms with Crippen molar-refractivity contribution in [2.75, 3.05) is 19.6 Å². The highest BCUT2D eigenvalue weighted by molar-refractivity contribution is 7.20. The van der Waals surface area contributed by atoms with Gasteiger partial charge in [-0.2, -0.15) is 5.10 Å². The Balaban J connectivity index is 0.00000225. The summed E-state index contributed by atoms with van der Waals surface area (Å²) in [5.74, 6) is 0.164. The largest absolute Gasteiger partial charge is 0.334 e. The summed E-state index contributed by atoms with van der Waals surface area (Å²) >= 11 is 1.57. The van der Waals surface area contributed by atoms with Gasteiger partial charge in [-0.05, 0) is 37.9 Å². The van der Waals surface area contributed by atoms with E-state index in [-0.39, 0.29) is 18.3 Å². The van der Waals surface area contributed by atoms with E-state index in [0.29, 0.717) is 6.04 Å². The fourth-order valence-corrected chi connectivity index (χ4v) is 4.94. The van der Waals surface area contributed by atoms with Crippen LogP contribution in [0.25, 0.3) is 10.2 Å². The van der Waals surface area contributed by atoms with Gasteiger partial charge in [-0.25, -0.2) is 0 Å². The molecule has 1 aliphatic heterocycles. The van der Waals surface area contributed by atoms with Gasteiger partial charge in [0.15, 0.2) is 0 Å². The van der Waals surface area contributed by atoms with Crippen LogP contribution in [0.4, 0.5) is 0 Å². The molecule has 1 atom stereocenters. The van der Waals surface area contributed by atoms with Gasteiger partial charge in [-0.15, -0.1) is 23.7 Å². The van der Waals surface area contributed by atoms with Crippen molar-refractivity contribution in [2.45, 2.75) is 39.3 Å². The molecule has 1 N–H and O–H groups in total. The summed E-state index contributed by atoms with van der Waals surface area (Å²) in [6.07, 6.45) is 2.02. The average molecular weight is 419 g/mol. The molecule has 150 valence electrons. The Morgan fingerprint density at radius 2 is 2.14 bits per heavy atom. The van der Waals surface area contributed by atoms with Gasteiger partial charge in [0, 0.05) is 24.5 Å². The van der Waals surface area contributed by atoms with Gasteiger partial charge in [0.1, 0.15) is 4.83 Å². The zero-order valence-corrected chi connectivity index (χ0v) is 18.0. The molecular weight excluding hydrogens is 392 g/mol. The van der Waals surface area contributed by atoms with Crippen LogP contribution in [-0.4, -0.2) is 46.3 Å². The van der Waals surface area contributed by atoms with Gasteiger partial charge >= 0.3 is 0 Å². The first-order valence-electron chi connectivity index (χ1n) is 9.70. The van der Waals surface area contributed by atoms with Crippen molar-refractivity contribution in [3.05, 3.63) is 52.5 Å². The van der Waals surface area contributed by atoms with Crippen LogP contribution in [0.2, 0.25) is 0 Å². The highest BCUT2D eigenvalue weighted by Crippen LogP contribution is 2.30. The number of carbonyl (C=O) groups excluding carboxylic acids is 1. The third-order valence-electron chi connectivity index (χ3n) is 5.19. The maximum Gasteiger partial charge on any atom is 0.264 e. The molecule has 1 aliphatic rings. The van der Waals surface area contributed by atoms with Gasteiger partial charge in [0.2, 0.25) is 0 Å². The second kappa shape index (κ2) is 9.07. The zero-order valence-electron chi connectivity index (χ0n) is 16.4. The van der Waals surface area contributed by atoms with E-state index in [2.05, 4.69) is 29.3 Å². The number of benzene rings is 1. The molecule has 0 radical (unpaired) electrons. The van der Waals surface area contributed by atoms with Gasteiger partial charge in [0.05, 0.1) is 17.1 Å². The van der Waals surface area contributed by atoms with Crippen molar-refractivity contribution in [1.29, 1.82) is 0 Å². The number of amides is 1. The molecule has 1 aromatic carbocycles. The topological polar surface area (TPSA) is 50.2 Å². The molecule has 0 bridgehead atoms. The maximum atomic E-state index is 13.2. The van der Waals surface area contributed by atoms with E-state index in [4.69, 9.17) is 5.10 Å². The Bertz CT molecular complexity index is 931. The zero-order chi connectivity index (χ0) is 18.8. The number of thiophene rings is 1. The Labute approximate surface area is 176 Å². The molecule has 5 nitrogen and oxygen atoms in total. The van der Waals surface area contributed by atoms with Crippen LogP contribution < -0.4 is 5.32 Å². The highest BCUT2D eigenvalue weighted by atomic mass is 35.5. The van der Waals surface area contributed by atoms with Crippen LogP contribution in [0.15, 0.2) is 36.4 Å². The molecule has 0 aliphatic carbocycles. The second-order valence-electron chi connectivity index (χ2n) is 7.20. The number of aryl methyl sites for hydroxylation is 1. The number of nitrogens with one attached hydrogen (secondary N) is 1. The van der Waals surface area contributed by atoms with Crippen molar-refractivity contribution >= 4 is 39.9 Å². The second-order valence-corrected chi connectivity index (χ2v) is 8.23. The lowest BCUT2D eigenvalue weighted by Gasteiger charge is -2.27. The third-order valence-corrected chi connectivity index (χ3v) is 6.33. The third kappa shape index (κ3) is 4.09. The summed E-state index contributed by atoms with van der Waals surface area (Å²) in [4.78, 5) is 17.2. The molecule has 1 fully saturated rings. The minimum absolute atomic E-state index is 0. The molecule has 1 unspecified atom stereocenters. The Kier molecular flexibility index (Phi) is 6.75. The number of aromatic nitrogens is 2. The fraction of sp³-hybridized carbons (Fsp3) is 0.429. The first-order chi connectivity index (χ1) is 13.2. The fourth-order valence-electron chi connectivity index (χ4n) is 3.82. The summed E-state index contributed by atoms with van der Waals surface area (Å²) in [6.45, 7) is 7.59. The van der Waals surface area contributed by atoms with E-state index in [1.54, 1.807) is 11.3 Å². The highest BCUT2D eigenvalue weighted by Gasteiger charge is 2.28. The molecule has 0 saturated carbocycles. The van der Waals surface area contributed by atoms with Crippen LogP contribution in [0.5, 0.6) is 0 Å². The van der Waals surface area contributed by atoms with E-state index in [1.165, 1.54) is 5.56 Å². The summed E-state index contributed by atoms with van der Waals surface area (Å²) in [5.41, 5.74) is 2.20. The van der Waals surface area contributed by atoms with Crippen molar-refractivity contribution in [1.82, 2.24) is 20.0 Å². The van der Waals surface area contributed by atoms with Crippen LogP contribution >= 0.6 is 23.7 Å². The standard InChI is InChI=1S/C21H26N4OS.ClH/c1-3-11-24(17-9-10-22-13-17)20(26)19-12-18-15(2)23-25(21(18)27-19)14-16-7-5-4-6-8-16;/h4-8,12,17,22H,3,9-11,13-14H2,1-2H3;1H. The number of hydrogen-bond donors (Lipinski definition) is 1. The summed E-state index contributed by atoms with van der Waals surface area (Å²) < 4.78 is 2.03. The molecule has 3 heterocycles. The first kappa shape index (κ1) is 20.8. The van der Waals surface area contributed by atoms with Gasteiger partial charge in [-0.1, -0.05) is 37.3 Å². The van der Waals surface area contributed by atoms with Crippen molar-refractivity contribution < 1.29 is 4.79 Å². The lowest BCUT2D eigenvalue weighted by Crippen LogP contribution is -2.41. The minimum atomic E-state index is 0.